The summed E-state index contributed by atoms with van der Waals surface area (Å²) in [6.45, 7) is 2.32. The summed E-state index contributed by atoms with van der Waals surface area (Å²) in [5.74, 6) is -0.475. The molecule has 0 saturated carbocycles. The molecule has 3 nitrogen and oxygen atoms in total. The average Bonchev–Trinajstić information content (AvgIpc) is 2.16. The first-order chi connectivity index (χ1) is 6.59. The smallest absolute Gasteiger partial charge is 0.222 e. The zero-order valence-corrected chi connectivity index (χ0v) is 8.71. The van der Waals surface area contributed by atoms with Crippen molar-refractivity contribution in [2.24, 2.45) is 11.7 Å². The van der Waals surface area contributed by atoms with Crippen LogP contribution in [0.2, 0.25) is 5.02 Å². The van der Waals surface area contributed by atoms with E-state index in [4.69, 9.17) is 17.3 Å². The number of carbonyl (C=O) groups excluding carboxylic acids is 1. The maximum atomic E-state index is 10.7. The monoisotopic (exact) mass is 212 g/mol. The van der Waals surface area contributed by atoms with Crippen LogP contribution < -0.4 is 11.1 Å². The molecule has 3 N–H and O–H groups in total. The van der Waals surface area contributed by atoms with Gasteiger partial charge in [-0.25, -0.2) is 0 Å². The van der Waals surface area contributed by atoms with Gasteiger partial charge in [-0.05, 0) is 24.3 Å². The summed E-state index contributed by atoms with van der Waals surface area (Å²) in [7, 11) is 0. The summed E-state index contributed by atoms with van der Waals surface area (Å²) < 4.78 is 0. The molecule has 0 aliphatic rings. The number of carbonyl (C=O) groups is 1. The lowest BCUT2D eigenvalue weighted by molar-refractivity contribution is -0.120. The first kappa shape index (κ1) is 10.9. The van der Waals surface area contributed by atoms with Crippen molar-refractivity contribution in [1.82, 2.24) is 0 Å². The average molecular weight is 213 g/mol. The molecule has 0 spiro atoms. The minimum Gasteiger partial charge on any atom is -0.384 e. The molecule has 0 heterocycles. The number of nitrogens with two attached hydrogens (primary N) is 1. The molecule has 0 aliphatic heterocycles. The highest BCUT2D eigenvalue weighted by Gasteiger charge is 2.07. The van der Waals surface area contributed by atoms with Gasteiger partial charge in [0.15, 0.2) is 0 Å². The van der Waals surface area contributed by atoms with E-state index in [2.05, 4.69) is 5.32 Å². The topological polar surface area (TPSA) is 55.1 Å². The maximum absolute atomic E-state index is 10.7. The van der Waals surface area contributed by atoms with Gasteiger partial charge in [0.1, 0.15) is 0 Å². The number of rotatable bonds is 4. The largest absolute Gasteiger partial charge is 0.384 e. The van der Waals surface area contributed by atoms with Crippen molar-refractivity contribution in [2.45, 2.75) is 6.92 Å². The van der Waals surface area contributed by atoms with Crippen LogP contribution in [0.4, 0.5) is 5.69 Å². The van der Waals surface area contributed by atoms with Gasteiger partial charge < -0.3 is 11.1 Å². The Hall–Kier alpha value is -1.22. The number of benzene rings is 1. The van der Waals surface area contributed by atoms with Crippen molar-refractivity contribution in [3.8, 4) is 0 Å². The SMILES string of the molecule is CC(CNc1ccc(Cl)cc1)C(N)=O. The Morgan fingerprint density at radius 3 is 2.57 bits per heavy atom. The fourth-order valence-electron chi connectivity index (χ4n) is 0.939. The van der Waals surface area contributed by atoms with E-state index in [-0.39, 0.29) is 11.8 Å². The minimum atomic E-state index is -0.300. The Labute approximate surface area is 88.2 Å². The molecular weight excluding hydrogens is 200 g/mol. The molecule has 0 fully saturated rings. The number of hydrogen-bond acceptors (Lipinski definition) is 2. The van der Waals surface area contributed by atoms with E-state index >= 15 is 0 Å². The van der Waals surface area contributed by atoms with Gasteiger partial charge in [-0.3, -0.25) is 4.79 Å². The highest BCUT2D eigenvalue weighted by Crippen LogP contribution is 2.13. The van der Waals surface area contributed by atoms with Crippen molar-refractivity contribution < 1.29 is 4.79 Å². The van der Waals surface area contributed by atoms with Crippen molar-refractivity contribution in [3.05, 3.63) is 29.3 Å². The van der Waals surface area contributed by atoms with Crippen LogP contribution in [0.3, 0.4) is 0 Å². The van der Waals surface area contributed by atoms with E-state index in [1.807, 2.05) is 12.1 Å². The first-order valence-electron chi connectivity index (χ1n) is 4.38. The van der Waals surface area contributed by atoms with Crippen LogP contribution in [0.15, 0.2) is 24.3 Å². The maximum Gasteiger partial charge on any atom is 0.222 e. The van der Waals surface area contributed by atoms with E-state index in [1.54, 1.807) is 19.1 Å². The lowest BCUT2D eigenvalue weighted by Crippen LogP contribution is -2.26. The van der Waals surface area contributed by atoms with Crippen LogP contribution in [-0.4, -0.2) is 12.5 Å². The van der Waals surface area contributed by atoms with E-state index in [9.17, 15) is 4.79 Å². The van der Waals surface area contributed by atoms with Crippen molar-refractivity contribution in [3.63, 3.8) is 0 Å². The summed E-state index contributed by atoms with van der Waals surface area (Å²) in [6, 6.07) is 7.30. The Kier molecular flexibility index (Phi) is 3.77. The van der Waals surface area contributed by atoms with Gasteiger partial charge >= 0.3 is 0 Å². The second-order valence-corrected chi connectivity index (χ2v) is 3.63. The molecule has 1 aromatic carbocycles. The first-order valence-corrected chi connectivity index (χ1v) is 4.76. The number of anilines is 1. The molecule has 0 bridgehead atoms. The molecule has 1 unspecified atom stereocenters. The van der Waals surface area contributed by atoms with Crippen LogP contribution in [0.25, 0.3) is 0 Å². The molecule has 0 saturated heterocycles. The molecule has 0 aliphatic carbocycles. The third-order valence-corrected chi connectivity index (χ3v) is 2.19. The van der Waals surface area contributed by atoms with Gasteiger partial charge in [-0.2, -0.15) is 0 Å². The molecule has 76 valence electrons. The van der Waals surface area contributed by atoms with E-state index in [1.165, 1.54) is 0 Å². The summed E-state index contributed by atoms with van der Waals surface area (Å²) in [6.07, 6.45) is 0. The third-order valence-electron chi connectivity index (χ3n) is 1.94. The fraction of sp³-hybridized carbons (Fsp3) is 0.300. The Morgan fingerprint density at radius 2 is 2.07 bits per heavy atom. The lowest BCUT2D eigenvalue weighted by atomic mass is 10.1. The number of halogens is 1. The molecule has 4 heteroatoms. The van der Waals surface area contributed by atoms with E-state index < -0.39 is 0 Å². The second-order valence-electron chi connectivity index (χ2n) is 3.19. The third kappa shape index (κ3) is 3.26. The van der Waals surface area contributed by atoms with Gasteiger partial charge in [-0.1, -0.05) is 18.5 Å². The predicted octanol–water partition coefficient (Wildman–Crippen LogP) is 1.87. The zero-order valence-electron chi connectivity index (χ0n) is 7.96. The quantitative estimate of drug-likeness (QED) is 0.801. The van der Waals surface area contributed by atoms with Crippen molar-refractivity contribution in [1.29, 1.82) is 0 Å². The van der Waals surface area contributed by atoms with Gasteiger partial charge in [0, 0.05) is 17.3 Å². The highest BCUT2D eigenvalue weighted by molar-refractivity contribution is 6.30. The Morgan fingerprint density at radius 1 is 1.50 bits per heavy atom. The number of hydrogen-bond donors (Lipinski definition) is 2. The molecule has 0 radical (unpaired) electrons. The molecule has 1 rings (SSSR count). The highest BCUT2D eigenvalue weighted by atomic mass is 35.5. The van der Waals surface area contributed by atoms with Crippen LogP contribution in [0, 0.1) is 5.92 Å². The summed E-state index contributed by atoms with van der Waals surface area (Å²) in [4.78, 5) is 10.7. The summed E-state index contributed by atoms with van der Waals surface area (Å²) in [5, 5.41) is 3.79. The molecular formula is C10H13ClN2O. The molecule has 0 aromatic heterocycles. The minimum absolute atomic E-state index is 0.175. The molecule has 1 amide bonds. The summed E-state index contributed by atoms with van der Waals surface area (Å²) in [5.41, 5.74) is 6.06. The Balaban J connectivity index is 2.46. The molecule has 14 heavy (non-hydrogen) atoms. The van der Waals surface area contributed by atoms with Gasteiger partial charge in [0.25, 0.3) is 0 Å². The van der Waals surface area contributed by atoms with Gasteiger partial charge in [0.2, 0.25) is 5.91 Å². The van der Waals surface area contributed by atoms with E-state index in [0.717, 1.165) is 5.69 Å². The van der Waals surface area contributed by atoms with Crippen molar-refractivity contribution >= 4 is 23.2 Å². The number of primary amides is 1. The van der Waals surface area contributed by atoms with Gasteiger partial charge in [0.05, 0.1) is 5.92 Å². The summed E-state index contributed by atoms with van der Waals surface area (Å²) >= 11 is 5.72. The second kappa shape index (κ2) is 4.86. The van der Waals surface area contributed by atoms with Crippen LogP contribution in [0.1, 0.15) is 6.92 Å². The zero-order chi connectivity index (χ0) is 10.6. The van der Waals surface area contributed by atoms with E-state index in [0.29, 0.717) is 11.6 Å². The standard InChI is InChI=1S/C10H13ClN2O/c1-7(10(12)14)6-13-9-4-2-8(11)3-5-9/h2-5,7,13H,6H2,1H3,(H2,12,14). The van der Waals surface area contributed by atoms with Crippen LogP contribution >= 0.6 is 11.6 Å². The number of nitrogens with one attached hydrogen (secondary N) is 1. The Bertz CT molecular complexity index is 310. The van der Waals surface area contributed by atoms with Crippen LogP contribution in [0.5, 0.6) is 0 Å². The van der Waals surface area contributed by atoms with Crippen LogP contribution in [-0.2, 0) is 4.79 Å². The normalized spacial score (nSPS) is 12.1. The lowest BCUT2D eigenvalue weighted by Gasteiger charge is -2.09. The molecule has 1 aromatic rings. The predicted molar refractivity (Wildman–Crippen MR) is 58.3 cm³/mol. The molecule has 1 atom stereocenters. The number of amides is 1. The fourth-order valence-corrected chi connectivity index (χ4v) is 1.07. The van der Waals surface area contributed by atoms with Gasteiger partial charge in [-0.15, -0.1) is 0 Å². The van der Waals surface area contributed by atoms with Crippen molar-refractivity contribution in [2.75, 3.05) is 11.9 Å².